The van der Waals surface area contributed by atoms with Crippen LogP contribution in [-0.4, -0.2) is 58.9 Å². The van der Waals surface area contributed by atoms with Crippen LogP contribution in [0.3, 0.4) is 0 Å². The smallest absolute Gasteiger partial charge is 0.253 e. The van der Waals surface area contributed by atoms with Gasteiger partial charge in [0.25, 0.3) is 5.91 Å². The normalized spacial score (nSPS) is 17.4. The topological polar surface area (TPSA) is 61.5 Å². The fourth-order valence-electron chi connectivity index (χ4n) is 6.11. The first-order valence-corrected chi connectivity index (χ1v) is 14.3. The maximum absolute atomic E-state index is 13.4. The molecule has 3 aromatic carbocycles. The quantitative estimate of drug-likeness (QED) is 0.274. The number of aromatic nitrogens is 2. The van der Waals surface area contributed by atoms with Gasteiger partial charge in [0.2, 0.25) is 0 Å². The van der Waals surface area contributed by atoms with Crippen LogP contribution in [0, 0.1) is 0 Å². The van der Waals surface area contributed by atoms with Crippen LogP contribution in [0.2, 0.25) is 10.0 Å². The van der Waals surface area contributed by atoms with Crippen LogP contribution in [0.1, 0.15) is 52.2 Å². The number of amides is 1. The first kappa shape index (κ1) is 26.3. The van der Waals surface area contributed by atoms with Crippen molar-refractivity contribution in [1.29, 1.82) is 0 Å². The molecule has 1 atom stereocenters. The number of halogens is 2. The molecule has 8 heteroatoms. The van der Waals surface area contributed by atoms with Crippen molar-refractivity contribution in [2.75, 3.05) is 33.2 Å². The molecule has 0 aliphatic carbocycles. The van der Waals surface area contributed by atoms with Gasteiger partial charge in [-0.15, -0.1) is 0 Å². The molecular formula is C31H32Cl2N4O2. The highest BCUT2D eigenvalue weighted by atomic mass is 35.5. The standard InChI is InChI=1S/C31H32Cl2N4O2/c1-36(30(38)22-7-9-28-29(17-22)35-20-34-28)18-23(21-6-8-26(32)27(33)16-21)10-13-37-14-11-31(12-15-37)25-5-3-2-4-24(25)19-39-31/h2-9,16-17,20,23H,10-15,18-19H2,1H3,(H,34,35)/t23-/m0/s1. The molecule has 39 heavy (non-hydrogen) atoms. The van der Waals surface area contributed by atoms with E-state index in [9.17, 15) is 4.79 Å². The summed E-state index contributed by atoms with van der Waals surface area (Å²) in [5, 5.41) is 1.07. The van der Waals surface area contributed by atoms with Crippen molar-refractivity contribution in [1.82, 2.24) is 19.8 Å². The summed E-state index contributed by atoms with van der Waals surface area (Å²) in [6.07, 6.45) is 4.54. The minimum atomic E-state index is -0.140. The number of likely N-dealkylation sites (tertiary alicyclic amines) is 1. The molecule has 2 aliphatic rings. The van der Waals surface area contributed by atoms with E-state index in [1.165, 1.54) is 11.1 Å². The zero-order chi connectivity index (χ0) is 27.0. The van der Waals surface area contributed by atoms with Gasteiger partial charge < -0.3 is 19.5 Å². The summed E-state index contributed by atoms with van der Waals surface area (Å²) in [5.41, 5.74) is 5.98. The Balaban J connectivity index is 1.14. The Kier molecular flexibility index (Phi) is 7.38. The fraction of sp³-hybridized carbons (Fsp3) is 0.355. The van der Waals surface area contributed by atoms with Crippen molar-refractivity contribution in [2.45, 2.75) is 37.4 Å². The molecule has 1 spiro atoms. The SMILES string of the molecule is CN(C[C@H](CCN1CCC2(CC1)OCc1ccccc12)c1ccc(Cl)c(Cl)c1)C(=O)c1ccc2nc[nH]c2c1. The highest BCUT2D eigenvalue weighted by Gasteiger charge is 2.42. The molecule has 2 aliphatic heterocycles. The van der Waals surface area contributed by atoms with Gasteiger partial charge in [0.05, 0.1) is 39.6 Å². The van der Waals surface area contributed by atoms with E-state index in [1.54, 1.807) is 11.2 Å². The van der Waals surface area contributed by atoms with Gasteiger partial charge in [0, 0.05) is 38.2 Å². The zero-order valence-electron chi connectivity index (χ0n) is 22.0. The van der Waals surface area contributed by atoms with E-state index in [-0.39, 0.29) is 17.4 Å². The molecule has 3 heterocycles. The lowest BCUT2D eigenvalue weighted by molar-refractivity contribution is -0.0790. The average Bonchev–Trinajstić information content (AvgIpc) is 3.58. The number of nitrogens with one attached hydrogen (secondary N) is 1. The van der Waals surface area contributed by atoms with Gasteiger partial charge >= 0.3 is 0 Å². The van der Waals surface area contributed by atoms with Crippen molar-refractivity contribution < 1.29 is 9.53 Å². The van der Waals surface area contributed by atoms with E-state index in [0.29, 0.717) is 28.8 Å². The fourth-order valence-corrected chi connectivity index (χ4v) is 6.41. The number of carbonyl (C=O) groups is 1. The van der Waals surface area contributed by atoms with Crippen LogP contribution >= 0.6 is 23.2 Å². The van der Waals surface area contributed by atoms with Crippen LogP contribution in [0.4, 0.5) is 0 Å². The van der Waals surface area contributed by atoms with E-state index in [0.717, 1.165) is 55.5 Å². The number of aromatic amines is 1. The Morgan fingerprint density at radius 2 is 1.92 bits per heavy atom. The summed E-state index contributed by atoms with van der Waals surface area (Å²) < 4.78 is 6.36. The molecule has 4 aromatic rings. The Morgan fingerprint density at radius 3 is 2.74 bits per heavy atom. The molecule has 1 aromatic heterocycles. The highest BCUT2D eigenvalue weighted by Crippen LogP contribution is 2.44. The third-order valence-electron chi connectivity index (χ3n) is 8.39. The monoisotopic (exact) mass is 562 g/mol. The summed E-state index contributed by atoms with van der Waals surface area (Å²) in [6, 6.07) is 20.0. The molecule has 0 saturated carbocycles. The molecule has 1 saturated heterocycles. The van der Waals surface area contributed by atoms with Gasteiger partial charge in [0.1, 0.15) is 0 Å². The maximum atomic E-state index is 13.4. The molecule has 6 rings (SSSR count). The van der Waals surface area contributed by atoms with Crippen LogP contribution < -0.4 is 0 Å². The highest BCUT2D eigenvalue weighted by molar-refractivity contribution is 6.42. The molecule has 1 amide bonds. The minimum Gasteiger partial charge on any atom is -0.365 e. The molecule has 0 radical (unpaired) electrons. The van der Waals surface area contributed by atoms with E-state index < -0.39 is 0 Å². The number of ether oxygens (including phenoxy) is 1. The number of nitrogens with zero attached hydrogens (tertiary/aromatic N) is 3. The van der Waals surface area contributed by atoms with E-state index >= 15 is 0 Å². The van der Waals surface area contributed by atoms with Crippen LogP contribution in [0.15, 0.2) is 67.0 Å². The van der Waals surface area contributed by atoms with Gasteiger partial charge in [0.15, 0.2) is 0 Å². The molecule has 1 fully saturated rings. The van der Waals surface area contributed by atoms with E-state index in [1.807, 2.05) is 43.4 Å². The van der Waals surface area contributed by atoms with Gasteiger partial charge in [-0.25, -0.2) is 4.98 Å². The van der Waals surface area contributed by atoms with Crippen molar-refractivity contribution >= 4 is 40.1 Å². The minimum absolute atomic E-state index is 0.0199. The third kappa shape index (κ3) is 5.31. The Morgan fingerprint density at radius 1 is 1.10 bits per heavy atom. The largest absolute Gasteiger partial charge is 0.365 e. The lowest BCUT2D eigenvalue weighted by Crippen LogP contribution is -2.43. The first-order valence-electron chi connectivity index (χ1n) is 13.5. The molecule has 202 valence electrons. The van der Waals surface area contributed by atoms with E-state index in [4.69, 9.17) is 27.9 Å². The van der Waals surface area contributed by atoms with Crippen LogP contribution in [-0.2, 0) is 16.9 Å². The summed E-state index contributed by atoms with van der Waals surface area (Å²) in [5.74, 6) is 0.0949. The number of piperidine rings is 1. The molecule has 6 nitrogen and oxygen atoms in total. The van der Waals surface area contributed by atoms with E-state index in [2.05, 4.69) is 39.1 Å². The predicted molar refractivity (Wildman–Crippen MR) is 155 cm³/mol. The second-order valence-corrected chi connectivity index (χ2v) is 11.6. The van der Waals surface area contributed by atoms with Gasteiger partial charge in [-0.2, -0.15) is 0 Å². The second kappa shape index (κ2) is 10.9. The zero-order valence-corrected chi connectivity index (χ0v) is 23.5. The molecule has 1 N–H and O–H groups in total. The number of likely N-dealkylation sites (N-methyl/N-ethyl adjacent to an activating group) is 1. The number of rotatable bonds is 7. The third-order valence-corrected chi connectivity index (χ3v) is 9.13. The van der Waals surface area contributed by atoms with Crippen molar-refractivity contribution in [3.05, 3.63) is 99.3 Å². The summed E-state index contributed by atoms with van der Waals surface area (Å²) >= 11 is 12.6. The number of hydrogen-bond acceptors (Lipinski definition) is 4. The van der Waals surface area contributed by atoms with Crippen LogP contribution in [0.25, 0.3) is 11.0 Å². The van der Waals surface area contributed by atoms with Gasteiger partial charge in [-0.3, -0.25) is 4.79 Å². The summed E-state index contributed by atoms with van der Waals surface area (Å²) in [6.45, 7) is 4.20. The van der Waals surface area contributed by atoms with Crippen molar-refractivity contribution in [3.63, 3.8) is 0 Å². The lowest BCUT2D eigenvalue weighted by Gasteiger charge is -2.40. The molecular weight excluding hydrogens is 531 g/mol. The van der Waals surface area contributed by atoms with Crippen molar-refractivity contribution in [2.24, 2.45) is 0 Å². The predicted octanol–water partition coefficient (Wildman–Crippen LogP) is 6.64. The first-order chi connectivity index (χ1) is 18.9. The number of H-pyrrole nitrogens is 1. The van der Waals surface area contributed by atoms with Crippen molar-refractivity contribution in [3.8, 4) is 0 Å². The average molecular weight is 564 g/mol. The molecule has 0 unspecified atom stereocenters. The maximum Gasteiger partial charge on any atom is 0.253 e. The Hall–Kier alpha value is -2.90. The number of hydrogen-bond donors (Lipinski definition) is 1. The number of imidazole rings is 1. The molecule has 0 bridgehead atoms. The van der Waals surface area contributed by atoms with Gasteiger partial charge in [-0.05, 0) is 72.8 Å². The number of benzene rings is 3. The summed E-state index contributed by atoms with van der Waals surface area (Å²) in [4.78, 5) is 25.0. The second-order valence-electron chi connectivity index (χ2n) is 10.8. The number of fused-ring (bicyclic) bond motifs is 3. The van der Waals surface area contributed by atoms with Crippen LogP contribution in [0.5, 0.6) is 0 Å². The lowest BCUT2D eigenvalue weighted by atomic mass is 9.83. The number of carbonyl (C=O) groups excluding carboxylic acids is 1. The summed E-state index contributed by atoms with van der Waals surface area (Å²) in [7, 11) is 1.86. The Labute approximate surface area is 238 Å². The Bertz CT molecular complexity index is 1490. The van der Waals surface area contributed by atoms with Gasteiger partial charge in [-0.1, -0.05) is 53.5 Å².